The van der Waals surface area contributed by atoms with Crippen molar-refractivity contribution < 1.29 is 49.5 Å². The van der Waals surface area contributed by atoms with Crippen molar-refractivity contribution in [1.29, 1.82) is 0 Å². The predicted octanol–water partition coefficient (Wildman–Crippen LogP) is 5.80. The minimum absolute atomic E-state index is 0. The molecule has 0 saturated heterocycles. The molecule has 0 aliphatic carbocycles. The standard InChI is InChI=1S/2C14H10Cl2N2O3.Zn/c2*15-9-5-8(13(20)11(16)6-9)7-17-18-14(21)10-3-1-2-4-12(10)19;/h2*1-7,19-20H,(H,18,21);/q;;+2/p+2. The van der Waals surface area contributed by atoms with Crippen molar-refractivity contribution in [3.8, 4) is 23.0 Å². The van der Waals surface area contributed by atoms with E-state index in [-0.39, 0.29) is 63.6 Å². The van der Waals surface area contributed by atoms with E-state index in [4.69, 9.17) is 56.6 Å². The maximum atomic E-state index is 11.8. The SMILES string of the molecule is O=C(NN=Cc1cc(Cl)cc(Cl)c1[OH2+])c1ccccc1O.O=C(NN=Cc1cc(Cl)cc(Cl)c1[OH2+])c1ccccc1O.[Zn+2]. The Morgan fingerprint density at radius 1 is 0.651 bits per heavy atom. The Balaban J connectivity index is 0.000000293. The number of rotatable bonds is 6. The van der Waals surface area contributed by atoms with Crippen molar-refractivity contribution in [3.63, 3.8) is 0 Å². The van der Waals surface area contributed by atoms with E-state index in [1.54, 1.807) is 24.3 Å². The second kappa shape index (κ2) is 16.7. The van der Waals surface area contributed by atoms with Crippen LogP contribution in [0, 0.1) is 0 Å². The molecule has 0 fully saturated rings. The Kier molecular flexibility index (Phi) is 13.7. The molecule has 0 heterocycles. The van der Waals surface area contributed by atoms with E-state index in [2.05, 4.69) is 21.1 Å². The van der Waals surface area contributed by atoms with E-state index in [0.29, 0.717) is 21.2 Å². The van der Waals surface area contributed by atoms with Crippen LogP contribution in [0.15, 0.2) is 83.0 Å². The third-order valence-electron chi connectivity index (χ3n) is 5.21. The smallest absolute Gasteiger partial charge is 0.592 e. The molecule has 43 heavy (non-hydrogen) atoms. The molecule has 4 rings (SSSR count). The van der Waals surface area contributed by atoms with Gasteiger partial charge in [-0.25, -0.2) is 10.9 Å². The van der Waals surface area contributed by atoms with Crippen LogP contribution >= 0.6 is 46.4 Å². The zero-order valence-electron chi connectivity index (χ0n) is 21.9. The van der Waals surface area contributed by atoms with Crippen molar-refractivity contribution in [2.24, 2.45) is 10.2 Å². The number of amides is 2. The maximum Gasteiger partial charge on any atom is 2.00 e. The molecule has 0 unspecified atom stereocenters. The fourth-order valence-electron chi connectivity index (χ4n) is 3.16. The molecule has 4 aromatic carbocycles. The van der Waals surface area contributed by atoms with Crippen LogP contribution in [-0.2, 0) is 19.5 Å². The Bertz CT molecular complexity index is 1560. The summed E-state index contributed by atoms with van der Waals surface area (Å²) in [5, 5.41) is 43.1. The minimum Gasteiger partial charge on any atom is -0.592 e. The number of phenolic OH excluding ortho intramolecular Hbond substituents is 2. The van der Waals surface area contributed by atoms with Gasteiger partial charge in [0.25, 0.3) is 23.3 Å². The van der Waals surface area contributed by atoms with Gasteiger partial charge in [-0.15, -0.1) is 0 Å². The fraction of sp³-hybridized carbons (Fsp3) is 0. The van der Waals surface area contributed by atoms with Gasteiger partial charge in [-0.3, -0.25) is 9.59 Å². The Morgan fingerprint density at radius 2 is 1.00 bits per heavy atom. The second-order valence-electron chi connectivity index (χ2n) is 8.14. The van der Waals surface area contributed by atoms with Crippen molar-refractivity contribution in [3.05, 3.63) is 115 Å². The summed E-state index contributed by atoms with van der Waals surface area (Å²) in [5.74, 6) is -1.30. The number of benzene rings is 4. The molecule has 0 bridgehead atoms. The van der Waals surface area contributed by atoms with Crippen molar-refractivity contribution in [2.75, 3.05) is 0 Å². The van der Waals surface area contributed by atoms with Crippen LogP contribution in [0.3, 0.4) is 0 Å². The van der Waals surface area contributed by atoms with Gasteiger partial charge in [0.15, 0.2) is 0 Å². The van der Waals surface area contributed by atoms with Gasteiger partial charge in [-0.2, -0.15) is 10.2 Å². The first kappa shape index (κ1) is 35.3. The average molecular weight is 718 g/mol. The summed E-state index contributed by atoms with van der Waals surface area (Å²) in [5.41, 5.74) is 5.45. The molecule has 0 aromatic heterocycles. The first-order valence-electron chi connectivity index (χ1n) is 11.6. The van der Waals surface area contributed by atoms with E-state index in [0.717, 1.165) is 0 Å². The molecule has 15 heteroatoms. The largest absolute Gasteiger partial charge is 2.00 e. The van der Waals surface area contributed by atoms with Crippen LogP contribution in [0.5, 0.6) is 23.0 Å². The molecule has 0 spiro atoms. The van der Waals surface area contributed by atoms with Gasteiger partial charge in [0.05, 0.1) is 34.7 Å². The number of hydrogen-bond acceptors (Lipinski definition) is 6. The van der Waals surface area contributed by atoms with Gasteiger partial charge in [0.2, 0.25) is 0 Å². The van der Waals surface area contributed by atoms with Gasteiger partial charge >= 0.3 is 19.5 Å². The summed E-state index contributed by atoms with van der Waals surface area (Å²) in [7, 11) is 0. The third kappa shape index (κ3) is 10.1. The Labute approximate surface area is 277 Å². The maximum absolute atomic E-state index is 11.8. The number of phenols is 2. The number of nitrogens with one attached hydrogen (secondary N) is 2. The number of nitrogens with zero attached hydrogens (tertiary/aromatic N) is 2. The van der Waals surface area contributed by atoms with Crippen LogP contribution < -0.4 is 10.9 Å². The number of halogens is 4. The van der Waals surface area contributed by atoms with Crippen LogP contribution in [-0.4, -0.2) is 44.7 Å². The monoisotopic (exact) mass is 714 g/mol. The zero-order chi connectivity index (χ0) is 30.8. The van der Waals surface area contributed by atoms with E-state index in [9.17, 15) is 19.8 Å². The zero-order valence-corrected chi connectivity index (χ0v) is 27.9. The van der Waals surface area contributed by atoms with Crippen LogP contribution in [0.4, 0.5) is 0 Å². The second-order valence-corrected chi connectivity index (χ2v) is 9.82. The number of para-hydroxylation sites is 2. The van der Waals surface area contributed by atoms with Gasteiger partial charge < -0.3 is 20.4 Å². The van der Waals surface area contributed by atoms with Crippen molar-refractivity contribution in [1.82, 2.24) is 10.9 Å². The predicted molar refractivity (Wildman–Crippen MR) is 165 cm³/mol. The van der Waals surface area contributed by atoms with Gasteiger partial charge in [0, 0.05) is 10.0 Å². The average Bonchev–Trinajstić information content (AvgIpc) is 2.94. The summed E-state index contributed by atoms with van der Waals surface area (Å²) in [6.45, 7) is 0. The summed E-state index contributed by atoms with van der Waals surface area (Å²) < 4.78 is 0. The number of aromatic hydroxyl groups is 2. The van der Waals surface area contributed by atoms with E-state index in [1.807, 2.05) is 0 Å². The van der Waals surface area contributed by atoms with E-state index >= 15 is 0 Å². The quantitative estimate of drug-likeness (QED) is 0.0857. The summed E-state index contributed by atoms with van der Waals surface area (Å²) in [4.78, 5) is 23.6. The van der Waals surface area contributed by atoms with Crippen LogP contribution in [0.2, 0.25) is 20.1 Å². The summed E-state index contributed by atoms with van der Waals surface area (Å²) >= 11 is 23.3. The van der Waals surface area contributed by atoms with Gasteiger partial charge in [-0.1, -0.05) is 70.7 Å². The van der Waals surface area contributed by atoms with Gasteiger partial charge in [0.1, 0.15) is 21.5 Å². The molecule has 216 valence electrons. The van der Waals surface area contributed by atoms with Crippen molar-refractivity contribution in [2.45, 2.75) is 0 Å². The number of hydrogen-bond donors (Lipinski definition) is 4. The van der Waals surface area contributed by atoms with Crippen LogP contribution in [0.1, 0.15) is 31.8 Å². The van der Waals surface area contributed by atoms with E-state index in [1.165, 1.54) is 61.0 Å². The van der Waals surface area contributed by atoms with Gasteiger partial charge in [-0.05, 0) is 48.5 Å². The fourth-order valence-corrected chi connectivity index (χ4v) is 4.18. The summed E-state index contributed by atoms with van der Waals surface area (Å²) in [6.07, 6.45) is 2.52. The topological polar surface area (TPSA) is 169 Å². The Morgan fingerprint density at radius 3 is 1.35 bits per heavy atom. The molecular weight excluding hydrogens is 696 g/mol. The number of carbonyl (C=O) groups excluding carboxylic acids is 2. The molecule has 2 amide bonds. The molecular formula is C28H22Cl4N4O6Zn+4. The third-order valence-corrected chi connectivity index (χ3v) is 6.24. The number of carbonyl (C=O) groups is 2. The molecule has 8 N–H and O–H groups in total. The van der Waals surface area contributed by atoms with E-state index < -0.39 is 11.8 Å². The minimum atomic E-state index is -0.566. The molecule has 0 aliphatic heterocycles. The molecule has 10 nitrogen and oxygen atoms in total. The molecule has 4 aromatic rings. The normalized spacial score (nSPS) is 10.5. The first-order chi connectivity index (χ1) is 20.0. The van der Waals surface area contributed by atoms with Crippen LogP contribution in [0.25, 0.3) is 0 Å². The summed E-state index contributed by atoms with van der Waals surface area (Å²) in [6, 6.07) is 18.1. The number of hydrazone groups is 2. The first-order valence-corrected chi connectivity index (χ1v) is 13.1. The van der Waals surface area contributed by atoms with Crippen molar-refractivity contribution >= 4 is 70.6 Å². The Hall–Kier alpha value is -3.86. The molecule has 0 saturated carbocycles. The molecule has 0 aliphatic rings. The molecule has 0 radical (unpaired) electrons. The molecule has 0 atom stereocenters.